The van der Waals surface area contributed by atoms with Crippen LogP contribution in [0.1, 0.15) is 44.2 Å². The zero-order valence-electron chi connectivity index (χ0n) is 10.9. The smallest absolute Gasteiger partial charge is 0.131 e. The van der Waals surface area contributed by atoms with Crippen molar-refractivity contribution in [3.8, 4) is 0 Å². The summed E-state index contributed by atoms with van der Waals surface area (Å²) in [5.41, 5.74) is 1.21. The highest BCUT2D eigenvalue weighted by atomic mass is 35.5. The van der Waals surface area contributed by atoms with Crippen molar-refractivity contribution in [2.45, 2.75) is 38.6 Å². The van der Waals surface area contributed by atoms with Crippen molar-refractivity contribution in [3.05, 3.63) is 34.9 Å². The Kier molecular flexibility index (Phi) is 4.79. The minimum Gasteiger partial charge on any atom is -0.300 e. The molecule has 1 aliphatic rings. The molecule has 0 saturated carbocycles. The second kappa shape index (κ2) is 6.35. The number of piperidine rings is 1. The van der Waals surface area contributed by atoms with Gasteiger partial charge in [0.05, 0.1) is 0 Å². The van der Waals surface area contributed by atoms with E-state index >= 15 is 0 Å². The maximum atomic E-state index is 11.5. The van der Waals surface area contributed by atoms with E-state index in [2.05, 4.69) is 4.90 Å². The lowest BCUT2D eigenvalue weighted by molar-refractivity contribution is -0.118. The Balaban J connectivity index is 2.17. The maximum absolute atomic E-state index is 11.5. The molecule has 1 saturated heterocycles. The first-order chi connectivity index (χ1) is 8.66. The number of nitrogens with zero attached hydrogens (tertiary/aromatic N) is 1. The first kappa shape index (κ1) is 13.6. The monoisotopic (exact) mass is 265 g/mol. The van der Waals surface area contributed by atoms with Crippen molar-refractivity contribution in [2.24, 2.45) is 0 Å². The summed E-state index contributed by atoms with van der Waals surface area (Å²) in [7, 11) is 0. The predicted molar refractivity (Wildman–Crippen MR) is 74.9 cm³/mol. The molecule has 3 heteroatoms. The molecule has 1 aliphatic heterocycles. The number of likely N-dealkylation sites (tertiary alicyclic amines) is 1. The van der Waals surface area contributed by atoms with Gasteiger partial charge in [-0.3, -0.25) is 9.69 Å². The number of ketones is 1. The molecule has 98 valence electrons. The number of carbonyl (C=O) groups excluding carboxylic acids is 1. The molecule has 2 rings (SSSR count). The molecular formula is C15H20ClNO. The van der Waals surface area contributed by atoms with E-state index < -0.39 is 0 Å². The number of Topliss-reactive ketones (excluding diaryl/α,β-unsaturated/α-hetero) is 1. The highest BCUT2D eigenvalue weighted by Crippen LogP contribution is 2.28. The fourth-order valence-electron chi connectivity index (χ4n) is 2.65. The molecule has 1 atom stereocenters. The van der Waals surface area contributed by atoms with Gasteiger partial charge in [-0.25, -0.2) is 0 Å². The summed E-state index contributed by atoms with van der Waals surface area (Å²) in [6, 6.07) is 8.14. The van der Waals surface area contributed by atoms with Crippen molar-refractivity contribution in [2.75, 3.05) is 13.1 Å². The number of halogens is 1. The summed E-state index contributed by atoms with van der Waals surface area (Å²) in [6.45, 7) is 3.87. The predicted octanol–water partition coefficient (Wildman–Crippen LogP) is 3.85. The molecule has 0 aliphatic carbocycles. The summed E-state index contributed by atoms with van der Waals surface area (Å²) >= 11 is 5.93. The molecule has 0 amide bonds. The molecule has 0 N–H and O–H groups in total. The van der Waals surface area contributed by atoms with Crippen LogP contribution in [0.5, 0.6) is 0 Å². The molecule has 1 aromatic carbocycles. The molecular weight excluding hydrogens is 246 g/mol. The molecule has 1 aromatic rings. The average Bonchev–Trinajstić information content (AvgIpc) is 2.38. The maximum Gasteiger partial charge on any atom is 0.131 e. The van der Waals surface area contributed by atoms with Gasteiger partial charge in [0.25, 0.3) is 0 Å². The van der Waals surface area contributed by atoms with E-state index in [1.54, 1.807) is 6.92 Å². The lowest BCUT2D eigenvalue weighted by Crippen LogP contribution is -2.34. The first-order valence-electron chi connectivity index (χ1n) is 6.66. The van der Waals surface area contributed by atoms with Crippen LogP contribution in [0.2, 0.25) is 5.02 Å². The summed E-state index contributed by atoms with van der Waals surface area (Å²) in [6.07, 6.45) is 4.38. The van der Waals surface area contributed by atoms with E-state index in [9.17, 15) is 4.79 Å². The summed E-state index contributed by atoms with van der Waals surface area (Å²) in [5.74, 6) is 0.250. The highest BCUT2D eigenvalue weighted by Gasteiger charge is 2.23. The topological polar surface area (TPSA) is 20.3 Å². The van der Waals surface area contributed by atoms with Gasteiger partial charge in [-0.05, 0) is 50.6 Å². The Morgan fingerprint density at radius 2 is 1.83 bits per heavy atom. The Hall–Kier alpha value is -0.860. The van der Waals surface area contributed by atoms with E-state index in [4.69, 9.17) is 11.6 Å². The standard InChI is InChI=1S/C15H20ClNO/c1-12(18)11-15(17-9-3-2-4-10-17)13-5-7-14(16)8-6-13/h5-8,15H,2-4,9-11H2,1H3. The van der Waals surface area contributed by atoms with Crippen LogP contribution < -0.4 is 0 Å². The largest absolute Gasteiger partial charge is 0.300 e. The van der Waals surface area contributed by atoms with Crippen LogP contribution in [0.15, 0.2) is 24.3 Å². The Morgan fingerprint density at radius 3 is 2.39 bits per heavy atom. The second-order valence-corrected chi connectivity index (χ2v) is 5.51. The van der Waals surface area contributed by atoms with Crippen LogP contribution >= 0.6 is 11.6 Å². The third-order valence-corrected chi connectivity index (χ3v) is 3.82. The average molecular weight is 266 g/mol. The van der Waals surface area contributed by atoms with E-state index in [0.29, 0.717) is 6.42 Å². The fourth-order valence-corrected chi connectivity index (χ4v) is 2.77. The summed E-state index contributed by atoms with van der Waals surface area (Å²) in [5, 5.41) is 0.749. The van der Waals surface area contributed by atoms with Crippen molar-refractivity contribution in [1.82, 2.24) is 4.90 Å². The first-order valence-corrected chi connectivity index (χ1v) is 7.03. The van der Waals surface area contributed by atoms with Crippen LogP contribution in [0.4, 0.5) is 0 Å². The molecule has 0 aromatic heterocycles. The fraction of sp³-hybridized carbons (Fsp3) is 0.533. The van der Waals surface area contributed by atoms with Gasteiger partial charge in [0.2, 0.25) is 0 Å². The molecule has 0 radical (unpaired) electrons. The summed E-state index contributed by atoms with van der Waals surface area (Å²) < 4.78 is 0. The van der Waals surface area contributed by atoms with Crippen LogP contribution in [0, 0.1) is 0 Å². The van der Waals surface area contributed by atoms with Gasteiger partial charge in [-0.2, -0.15) is 0 Å². The van der Waals surface area contributed by atoms with Crippen molar-refractivity contribution >= 4 is 17.4 Å². The second-order valence-electron chi connectivity index (χ2n) is 5.07. The highest BCUT2D eigenvalue weighted by molar-refractivity contribution is 6.30. The SMILES string of the molecule is CC(=O)CC(c1ccc(Cl)cc1)N1CCCCC1. The van der Waals surface area contributed by atoms with Gasteiger partial charge in [0.1, 0.15) is 5.78 Å². The van der Waals surface area contributed by atoms with Gasteiger partial charge in [0.15, 0.2) is 0 Å². The number of carbonyl (C=O) groups is 1. The molecule has 18 heavy (non-hydrogen) atoms. The number of hydrogen-bond acceptors (Lipinski definition) is 2. The lowest BCUT2D eigenvalue weighted by atomic mass is 9.97. The van der Waals surface area contributed by atoms with E-state index in [-0.39, 0.29) is 11.8 Å². The summed E-state index contributed by atoms with van der Waals surface area (Å²) in [4.78, 5) is 13.9. The Bertz CT molecular complexity index is 395. The molecule has 1 fully saturated rings. The Morgan fingerprint density at radius 1 is 1.22 bits per heavy atom. The molecule has 1 heterocycles. The Labute approximate surface area is 114 Å². The normalized spacial score (nSPS) is 18.6. The van der Waals surface area contributed by atoms with Gasteiger partial charge >= 0.3 is 0 Å². The van der Waals surface area contributed by atoms with Crippen molar-refractivity contribution in [1.29, 1.82) is 0 Å². The van der Waals surface area contributed by atoms with Crippen molar-refractivity contribution < 1.29 is 4.79 Å². The zero-order valence-corrected chi connectivity index (χ0v) is 11.6. The van der Waals surface area contributed by atoms with E-state index in [1.165, 1.54) is 24.8 Å². The van der Waals surface area contributed by atoms with Gasteiger partial charge in [-0.15, -0.1) is 0 Å². The number of hydrogen-bond donors (Lipinski definition) is 0. The zero-order chi connectivity index (χ0) is 13.0. The minimum absolute atomic E-state index is 0.222. The van der Waals surface area contributed by atoms with E-state index in [1.807, 2.05) is 24.3 Å². The molecule has 0 bridgehead atoms. The van der Waals surface area contributed by atoms with E-state index in [0.717, 1.165) is 18.1 Å². The van der Waals surface area contributed by atoms with Crippen LogP contribution in [0.3, 0.4) is 0 Å². The quantitative estimate of drug-likeness (QED) is 0.824. The molecule has 2 nitrogen and oxygen atoms in total. The molecule has 1 unspecified atom stereocenters. The van der Waals surface area contributed by atoms with Crippen LogP contribution in [-0.2, 0) is 4.79 Å². The third-order valence-electron chi connectivity index (χ3n) is 3.57. The van der Waals surface area contributed by atoms with Gasteiger partial charge < -0.3 is 0 Å². The lowest BCUT2D eigenvalue weighted by Gasteiger charge is -2.34. The van der Waals surface area contributed by atoms with Gasteiger partial charge in [-0.1, -0.05) is 30.2 Å². The van der Waals surface area contributed by atoms with Gasteiger partial charge in [0, 0.05) is 17.5 Å². The molecule has 0 spiro atoms. The third kappa shape index (κ3) is 3.56. The van der Waals surface area contributed by atoms with Crippen LogP contribution in [0.25, 0.3) is 0 Å². The minimum atomic E-state index is 0.222. The van der Waals surface area contributed by atoms with Crippen molar-refractivity contribution in [3.63, 3.8) is 0 Å². The number of rotatable bonds is 4. The van der Waals surface area contributed by atoms with Crippen LogP contribution in [-0.4, -0.2) is 23.8 Å². The number of benzene rings is 1.